The minimum atomic E-state index is -2.92. The number of hydrogen-bond acceptors (Lipinski definition) is 3. The Labute approximate surface area is 190 Å². The van der Waals surface area contributed by atoms with Crippen molar-refractivity contribution in [1.82, 2.24) is 0 Å². The highest BCUT2D eigenvalue weighted by Gasteiger charge is 2.41. The minimum absolute atomic E-state index is 0.0754. The van der Waals surface area contributed by atoms with Crippen molar-refractivity contribution < 1.29 is 27.2 Å². The molecule has 1 aliphatic carbocycles. The van der Waals surface area contributed by atoms with Gasteiger partial charge >= 0.3 is 0 Å². The summed E-state index contributed by atoms with van der Waals surface area (Å²) in [6.45, 7) is 8.92. The molecule has 1 aliphatic rings. The maximum atomic E-state index is 13.7. The van der Waals surface area contributed by atoms with Gasteiger partial charge in [-0.05, 0) is 42.2 Å². The van der Waals surface area contributed by atoms with Gasteiger partial charge < -0.3 is 14.5 Å². The zero-order valence-electron chi connectivity index (χ0n) is 18.0. The summed E-state index contributed by atoms with van der Waals surface area (Å²) in [5.74, 6) is -5.94. The van der Waals surface area contributed by atoms with Gasteiger partial charge in [0.2, 0.25) is 5.92 Å². The summed E-state index contributed by atoms with van der Waals surface area (Å²) >= 11 is 6.42. The molecule has 2 aromatic carbocycles. The van der Waals surface area contributed by atoms with E-state index >= 15 is 0 Å². The summed E-state index contributed by atoms with van der Waals surface area (Å²) in [6.07, 6.45) is -0.0278. The second-order valence-corrected chi connectivity index (χ2v) is 7.86. The molecule has 0 heterocycles. The van der Waals surface area contributed by atoms with E-state index in [2.05, 4.69) is 6.58 Å². The van der Waals surface area contributed by atoms with Crippen molar-refractivity contribution >= 4 is 42.1 Å². The fourth-order valence-corrected chi connectivity index (χ4v) is 3.97. The van der Waals surface area contributed by atoms with Gasteiger partial charge in [-0.1, -0.05) is 36.4 Å². The molecule has 0 saturated heterocycles. The number of hydrogen-bond donors (Lipinski definition) is 0. The maximum Gasteiger partial charge on any atom is 0.270 e. The summed E-state index contributed by atoms with van der Waals surface area (Å²) in [5.41, 5.74) is 2.51. The Balaban J connectivity index is 0.00000121. The van der Waals surface area contributed by atoms with Gasteiger partial charge in [-0.3, -0.25) is 0 Å². The highest BCUT2D eigenvalue weighted by molar-refractivity contribution is 6.33. The fraction of sp³-hybridized carbons (Fsp3) is 0.333. The molecular weight excluding hydrogens is 446 g/mol. The molecule has 0 N–H and O–H groups in total. The monoisotopic (exact) mass is 471 g/mol. The third-order valence-corrected chi connectivity index (χ3v) is 5.65. The van der Waals surface area contributed by atoms with Crippen molar-refractivity contribution in [3.05, 3.63) is 65.2 Å². The third-order valence-electron chi connectivity index (χ3n) is 5.33. The van der Waals surface area contributed by atoms with E-state index in [0.29, 0.717) is 34.0 Å². The molecular formula is C24H26ClF4NO2. The first-order chi connectivity index (χ1) is 15.0. The first-order valence-electron chi connectivity index (χ1n) is 9.65. The average molecular weight is 472 g/mol. The quantitative estimate of drug-likeness (QED) is 0.429. The van der Waals surface area contributed by atoms with Crippen molar-refractivity contribution in [3.8, 4) is 0 Å². The van der Waals surface area contributed by atoms with Crippen LogP contribution in [0.2, 0.25) is 5.02 Å². The second kappa shape index (κ2) is 11.3. The van der Waals surface area contributed by atoms with E-state index in [1.807, 2.05) is 19.6 Å². The summed E-state index contributed by atoms with van der Waals surface area (Å²) in [6, 6.07) is 11.2. The molecule has 0 amide bonds. The highest BCUT2D eigenvalue weighted by Crippen LogP contribution is 2.48. The predicted molar refractivity (Wildman–Crippen MR) is 121 cm³/mol. The topological polar surface area (TPSA) is 37.4 Å². The first kappa shape index (κ1) is 27.4. The lowest BCUT2D eigenvalue weighted by Gasteiger charge is -2.26. The van der Waals surface area contributed by atoms with E-state index < -0.39 is 11.8 Å². The normalized spacial score (nSPS) is 16.8. The molecule has 8 heteroatoms. The second-order valence-electron chi connectivity index (χ2n) is 7.45. The third kappa shape index (κ3) is 6.42. The number of benzene rings is 2. The minimum Gasteiger partial charge on any atom is -0.344 e. The molecule has 0 bridgehead atoms. The number of rotatable bonds is 5. The Kier molecular flexibility index (Phi) is 9.64. The average Bonchev–Trinajstić information content (AvgIpc) is 3.14. The molecule has 32 heavy (non-hydrogen) atoms. The van der Waals surface area contributed by atoms with E-state index in [1.165, 1.54) is 12.1 Å². The Morgan fingerprint density at radius 3 is 2.12 bits per heavy atom. The van der Waals surface area contributed by atoms with Gasteiger partial charge in [0.1, 0.15) is 13.6 Å². The van der Waals surface area contributed by atoms with Gasteiger partial charge in [0.25, 0.3) is 5.92 Å². The SMILES string of the molecule is C=C(c1c(Cl)cccc1N(C)c1ccc(C(C)(F)F)cc1)C1CCC(F)(F)C1.C=O.C=O. The molecule has 174 valence electrons. The lowest BCUT2D eigenvalue weighted by atomic mass is 9.91. The molecule has 0 radical (unpaired) electrons. The van der Waals surface area contributed by atoms with Crippen LogP contribution >= 0.6 is 11.6 Å². The Morgan fingerprint density at radius 1 is 1.09 bits per heavy atom. The molecule has 1 atom stereocenters. The number of anilines is 2. The molecule has 0 spiro atoms. The Bertz CT molecular complexity index is 911. The number of carbonyl (C=O) groups excluding carboxylic acids is 2. The van der Waals surface area contributed by atoms with Crippen LogP contribution in [0.1, 0.15) is 37.3 Å². The van der Waals surface area contributed by atoms with E-state index in [0.717, 1.165) is 6.92 Å². The number of nitrogens with zero attached hydrogens (tertiary/aromatic N) is 1. The van der Waals surface area contributed by atoms with E-state index in [4.69, 9.17) is 21.2 Å². The van der Waals surface area contributed by atoms with Gasteiger partial charge in [-0.25, -0.2) is 17.6 Å². The van der Waals surface area contributed by atoms with Crippen LogP contribution in [-0.2, 0) is 15.5 Å². The van der Waals surface area contributed by atoms with Crippen LogP contribution in [0.4, 0.5) is 28.9 Å². The van der Waals surface area contributed by atoms with Crippen LogP contribution in [-0.4, -0.2) is 26.5 Å². The molecule has 2 aromatic rings. The maximum absolute atomic E-state index is 13.7. The van der Waals surface area contributed by atoms with Crippen molar-refractivity contribution in [2.75, 3.05) is 11.9 Å². The van der Waals surface area contributed by atoms with Crippen molar-refractivity contribution in [2.45, 2.75) is 38.0 Å². The lowest BCUT2D eigenvalue weighted by Crippen LogP contribution is -2.14. The first-order valence-corrected chi connectivity index (χ1v) is 10.0. The largest absolute Gasteiger partial charge is 0.344 e. The number of allylic oxidation sites excluding steroid dienone is 1. The van der Waals surface area contributed by atoms with Crippen LogP contribution in [0.3, 0.4) is 0 Å². The number of alkyl halides is 4. The van der Waals surface area contributed by atoms with Gasteiger partial charge in [-0.15, -0.1) is 0 Å². The van der Waals surface area contributed by atoms with Crippen molar-refractivity contribution in [3.63, 3.8) is 0 Å². The Hall–Kier alpha value is -2.67. The smallest absolute Gasteiger partial charge is 0.270 e. The zero-order valence-corrected chi connectivity index (χ0v) is 18.8. The summed E-state index contributed by atoms with van der Waals surface area (Å²) in [4.78, 5) is 17.8. The zero-order chi connectivity index (χ0) is 24.7. The van der Waals surface area contributed by atoms with E-state index in [1.54, 1.807) is 36.2 Å². The van der Waals surface area contributed by atoms with Crippen LogP contribution in [0.5, 0.6) is 0 Å². The van der Waals surface area contributed by atoms with Crippen molar-refractivity contribution in [1.29, 1.82) is 0 Å². The van der Waals surface area contributed by atoms with Gasteiger partial charge in [0.05, 0.1) is 5.02 Å². The summed E-state index contributed by atoms with van der Waals surface area (Å²) in [5, 5.41) is 0.432. The molecule has 3 rings (SSSR count). The number of halogens is 5. The number of carbonyl (C=O) groups is 2. The molecule has 0 aromatic heterocycles. The van der Waals surface area contributed by atoms with Gasteiger partial charge in [-0.2, -0.15) is 0 Å². The van der Waals surface area contributed by atoms with Crippen LogP contribution in [0, 0.1) is 5.92 Å². The molecule has 1 saturated carbocycles. The van der Waals surface area contributed by atoms with Gasteiger partial charge in [0, 0.05) is 49.3 Å². The fourth-order valence-electron chi connectivity index (χ4n) is 3.68. The van der Waals surface area contributed by atoms with Crippen LogP contribution in [0.15, 0.2) is 49.0 Å². The molecule has 0 aliphatic heterocycles. The van der Waals surface area contributed by atoms with Crippen molar-refractivity contribution in [2.24, 2.45) is 5.92 Å². The van der Waals surface area contributed by atoms with Crippen LogP contribution < -0.4 is 4.90 Å². The van der Waals surface area contributed by atoms with Crippen LogP contribution in [0.25, 0.3) is 5.57 Å². The van der Waals surface area contributed by atoms with Gasteiger partial charge in [0.15, 0.2) is 0 Å². The summed E-state index contributed by atoms with van der Waals surface area (Å²) in [7, 11) is 1.78. The Morgan fingerprint density at radius 2 is 1.66 bits per heavy atom. The van der Waals surface area contributed by atoms with E-state index in [-0.39, 0.29) is 24.3 Å². The highest BCUT2D eigenvalue weighted by atomic mass is 35.5. The lowest BCUT2D eigenvalue weighted by molar-refractivity contribution is -0.0987. The predicted octanol–water partition coefficient (Wildman–Crippen LogP) is 7.30. The molecule has 3 nitrogen and oxygen atoms in total. The standard InChI is InChI=1S/C22H22ClF4N.2CH2O/c1-14(15-11-12-22(26,27)13-15)20-18(23)5-4-6-19(20)28(3)17-9-7-16(8-10-17)21(2,24)25;2*1-2/h4-10,15H,1,11-13H2,2-3H3;2*1H2. The molecule has 1 fully saturated rings. The summed E-state index contributed by atoms with van der Waals surface area (Å²) < 4.78 is 54.3. The molecule has 1 unspecified atom stereocenters. The van der Waals surface area contributed by atoms with E-state index in [9.17, 15) is 17.6 Å².